The van der Waals surface area contributed by atoms with E-state index >= 15 is 0 Å². The monoisotopic (exact) mass is 804 g/mol. The van der Waals surface area contributed by atoms with E-state index in [4.69, 9.17) is 0 Å². The van der Waals surface area contributed by atoms with Gasteiger partial charge in [0.15, 0.2) is 0 Å². The van der Waals surface area contributed by atoms with Gasteiger partial charge in [-0.3, -0.25) is 0 Å². The number of anilines is 5. The van der Waals surface area contributed by atoms with E-state index in [2.05, 4.69) is 265 Å². The minimum Gasteiger partial charge on any atom is -0.333 e. The van der Waals surface area contributed by atoms with Crippen molar-refractivity contribution in [1.82, 2.24) is 0 Å². The van der Waals surface area contributed by atoms with Crippen molar-refractivity contribution in [3.05, 3.63) is 283 Å². The average molecular weight is 805 g/mol. The Labute approximate surface area is 370 Å². The van der Waals surface area contributed by atoms with Crippen LogP contribution < -0.4 is 9.80 Å². The summed E-state index contributed by atoms with van der Waals surface area (Å²) in [6.45, 7) is 0. The molecule has 0 aromatic heterocycles. The summed E-state index contributed by atoms with van der Waals surface area (Å²) < 4.78 is 0. The maximum Gasteiger partial charge on any atom is 0.0713 e. The second-order valence-electron chi connectivity index (χ2n) is 16.8. The van der Waals surface area contributed by atoms with Crippen LogP contribution in [0.15, 0.2) is 255 Å². The third kappa shape index (κ3) is 5.94. The third-order valence-corrected chi connectivity index (χ3v) is 13.5. The van der Waals surface area contributed by atoms with Crippen LogP contribution >= 0.6 is 0 Å². The molecule has 63 heavy (non-hydrogen) atoms. The zero-order valence-electron chi connectivity index (χ0n) is 34.8. The highest BCUT2D eigenvalue weighted by molar-refractivity contribution is 5.92. The Kier molecular flexibility index (Phi) is 8.90. The number of benzene rings is 9. The third-order valence-electron chi connectivity index (χ3n) is 13.5. The normalized spacial score (nSPS) is 16.2. The van der Waals surface area contributed by atoms with Gasteiger partial charge in [-0.15, -0.1) is 0 Å². The Morgan fingerprint density at radius 2 is 0.968 bits per heavy atom. The molecule has 2 nitrogen and oxygen atoms in total. The Morgan fingerprint density at radius 1 is 0.397 bits per heavy atom. The van der Waals surface area contributed by atoms with E-state index in [0.29, 0.717) is 0 Å². The fourth-order valence-electron chi connectivity index (χ4n) is 10.8. The van der Waals surface area contributed by atoms with E-state index < -0.39 is 5.41 Å². The molecular formula is C61H44N2. The van der Waals surface area contributed by atoms with Gasteiger partial charge in [0.05, 0.1) is 17.1 Å². The number of rotatable bonds is 8. The molecule has 298 valence electrons. The summed E-state index contributed by atoms with van der Waals surface area (Å²) in [6, 6.07) is 84.8. The highest BCUT2D eigenvalue weighted by Crippen LogP contribution is 2.58. The molecule has 1 heterocycles. The topological polar surface area (TPSA) is 6.48 Å². The molecule has 2 aliphatic carbocycles. The maximum absolute atomic E-state index is 2.58. The lowest BCUT2D eigenvalue weighted by Crippen LogP contribution is -2.29. The molecule has 9 aromatic rings. The van der Waals surface area contributed by atoms with E-state index in [-0.39, 0.29) is 12.0 Å². The highest BCUT2D eigenvalue weighted by atomic mass is 15.2. The van der Waals surface area contributed by atoms with Crippen molar-refractivity contribution < 1.29 is 0 Å². The first-order valence-corrected chi connectivity index (χ1v) is 22.0. The van der Waals surface area contributed by atoms with Crippen molar-refractivity contribution in [2.45, 2.75) is 17.4 Å². The van der Waals surface area contributed by atoms with Gasteiger partial charge in [-0.25, -0.2) is 0 Å². The Hall–Kier alpha value is -7.94. The molecule has 0 saturated carbocycles. The van der Waals surface area contributed by atoms with Gasteiger partial charge in [0.2, 0.25) is 0 Å². The predicted molar refractivity (Wildman–Crippen MR) is 263 cm³/mol. The number of allylic oxidation sites excluding steroid dienone is 2. The fraction of sp³-hybridized carbons (Fsp3) is 0.0492. The minimum atomic E-state index is -0.419. The van der Waals surface area contributed by atoms with Gasteiger partial charge in [-0.2, -0.15) is 0 Å². The van der Waals surface area contributed by atoms with Crippen LogP contribution in [0.25, 0.3) is 33.4 Å². The van der Waals surface area contributed by atoms with Gasteiger partial charge in [-0.05, 0) is 116 Å². The molecule has 0 fully saturated rings. The lowest BCUT2D eigenvalue weighted by molar-refractivity contribution is 0.743. The molecule has 0 N–H and O–H groups in total. The van der Waals surface area contributed by atoms with E-state index in [1.165, 1.54) is 72.6 Å². The molecule has 0 amide bonds. The van der Waals surface area contributed by atoms with Crippen molar-refractivity contribution in [3.63, 3.8) is 0 Å². The van der Waals surface area contributed by atoms with Crippen LogP contribution in [0.5, 0.6) is 0 Å². The first-order valence-electron chi connectivity index (χ1n) is 22.0. The summed E-state index contributed by atoms with van der Waals surface area (Å²) in [5, 5.41) is 0. The summed E-state index contributed by atoms with van der Waals surface area (Å²) >= 11 is 0. The van der Waals surface area contributed by atoms with Crippen LogP contribution in [0.4, 0.5) is 28.4 Å². The van der Waals surface area contributed by atoms with Crippen LogP contribution in [0, 0.1) is 0 Å². The summed E-state index contributed by atoms with van der Waals surface area (Å²) in [5.41, 5.74) is 19.4. The quantitative estimate of drug-likeness (QED) is 0.151. The zero-order chi connectivity index (χ0) is 41.7. The standard InChI is InChI=1S/C61H44N2/c1-5-22-46(23-6-1)61(47-24-7-2-8-25-47)56-33-16-13-31-52(56)54-42-50(37-38-57(54)61)63-59-35-18-15-32-53(59)55-41-44(36-39-60(55)63)43-20-19-21-45(40-43)51-30-14-17-34-58(51)62(48-26-9-3-10-27-48)49-28-11-4-12-29-49/h1-42,53,59H. The molecule has 0 bridgehead atoms. The molecule has 1 aliphatic heterocycles. The van der Waals surface area contributed by atoms with Crippen molar-refractivity contribution in [2.75, 3.05) is 9.80 Å². The van der Waals surface area contributed by atoms with Crippen LogP contribution in [0.2, 0.25) is 0 Å². The number of hydrogen-bond donors (Lipinski definition) is 0. The molecule has 12 rings (SSSR count). The van der Waals surface area contributed by atoms with Gasteiger partial charge in [-0.1, -0.05) is 194 Å². The first-order chi connectivity index (χ1) is 31.3. The van der Waals surface area contributed by atoms with Crippen molar-refractivity contribution >= 4 is 28.4 Å². The second kappa shape index (κ2) is 15.2. The average Bonchev–Trinajstić information content (AvgIpc) is 3.85. The van der Waals surface area contributed by atoms with Gasteiger partial charge in [0.25, 0.3) is 0 Å². The predicted octanol–water partition coefficient (Wildman–Crippen LogP) is 15.6. The highest BCUT2D eigenvalue weighted by Gasteiger charge is 2.47. The van der Waals surface area contributed by atoms with E-state index in [9.17, 15) is 0 Å². The summed E-state index contributed by atoms with van der Waals surface area (Å²) in [6.07, 6.45) is 9.21. The molecule has 0 saturated heterocycles. The summed E-state index contributed by atoms with van der Waals surface area (Å²) in [7, 11) is 0. The number of nitrogens with zero attached hydrogens (tertiary/aromatic N) is 2. The van der Waals surface area contributed by atoms with E-state index in [0.717, 1.165) is 17.1 Å². The van der Waals surface area contributed by atoms with Gasteiger partial charge < -0.3 is 9.80 Å². The van der Waals surface area contributed by atoms with E-state index in [1.807, 2.05) is 0 Å². The molecule has 2 heteroatoms. The second-order valence-corrected chi connectivity index (χ2v) is 16.8. The number of fused-ring (bicyclic) bond motifs is 6. The molecular weight excluding hydrogens is 761 g/mol. The van der Waals surface area contributed by atoms with Gasteiger partial charge in [0.1, 0.15) is 0 Å². The lowest BCUT2D eigenvalue weighted by atomic mass is 9.68. The summed E-state index contributed by atoms with van der Waals surface area (Å²) in [5.74, 6) is 0.229. The number of hydrogen-bond acceptors (Lipinski definition) is 2. The van der Waals surface area contributed by atoms with Crippen molar-refractivity contribution in [3.8, 4) is 33.4 Å². The zero-order valence-corrected chi connectivity index (χ0v) is 34.8. The van der Waals surface area contributed by atoms with Crippen LogP contribution in [-0.2, 0) is 5.41 Å². The largest absolute Gasteiger partial charge is 0.333 e. The Morgan fingerprint density at radius 3 is 1.68 bits per heavy atom. The fourth-order valence-corrected chi connectivity index (χ4v) is 10.8. The van der Waals surface area contributed by atoms with Crippen LogP contribution in [0.3, 0.4) is 0 Å². The van der Waals surface area contributed by atoms with Crippen LogP contribution in [-0.4, -0.2) is 6.04 Å². The molecule has 3 aliphatic rings. The maximum atomic E-state index is 2.58. The Bertz CT molecular complexity index is 3110. The minimum absolute atomic E-state index is 0.170. The molecule has 0 spiro atoms. The van der Waals surface area contributed by atoms with E-state index in [1.54, 1.807) is 0 Å². The molecule has 2 atom stereocenters. The Balaban J connectivity index is 0.952. The summed E-state index contributed by atoms with van der Waals surface area (Å²) in [4.78, 5) is 4.93. The van der Waals surface area contributed by atoms with Crippen molar-refractivity contribution in [2.24, 2.45) is 0 Å². The SMILES string of the molecule is C1=CC2c3cc(-c4cccc(-c5ccccc5N(c5ccccc5)c5ccccc5)c4)ccc3N(c3ccc4c(c3)-c3ccccc3C4(c3ccccc3)c3ccccc3)C2C=C1. The number of para-hydroxylation sites is 3. The smallest absolute Gasteiger partial charge is 0.0713 e. The van der Waals surface area contributed by atoms with Gasteiger partial charge in [0, 0.05) is 34.2 Å². The molecule has 0 radical (unpaired) electrons. The first kappa shape index (κ1) is 36.9. The van der Waals surface area contributed by atoms with Crippen LogP contribution in [0.1, 0.15) is 33.7 Å². The van der Waals surface area contributed by atoms with Crippen molar-refractivity contribution in [1.29, 1.82) is 0 Å². The molecule has 2 unspecified atom stereocenters. The lowest BCUT2D eigenvalue weighted by Gasteiger charge is -2.34. The van der Waals surface area contributed by atoms with Gasteiger partial charge >= 0.3 is 0 Å². The molecule has 9 aromatic carbocycles.